The van der Waals surface area contributed by atoms with Gasteiger partial charge in [0.25, 0.3) is 5.91 Å². The zero-order chi connectivity index (χ0) is 18.4. The third-order valence-corrected chi connectivity index (χ3v) is 6.14. The standard InChI is InChI=1S/C21H22N2OS2/c1-15(2)21-23-18(14-26-21)12-22-20(24)17-8-10-19(11-9-17)25-13-16-6-4-3-5-7-16/h3-11,14-15H,12-13H2,1-2H3,(H,22,24). The van der Waals surface area contributed by atoms with Crippen LogP contribution >= 0.6 is 23.1 Å². The predicted octanol–water partition coefficient (Wildman–Crippen LogP) is 5.49. The molecule has 1 heterocycles. The van der Waals surface area contributed by atoms with E-state index in [-0.39, 0.29) is 5.91 Å². The van der Waals surface area contributed by atoms with Crippen molar-refractivity contribution in [2.24, 2.45) is 0 Å². The van der Waals surface area contributed by atoms with Crippen molar-refractivity contribution >= 4 is 29.0 Å². The third kappa shape index (κ3) is 5.19. The second-order valence-corrected chi connectivity index (χ2v) is 8.25. The zero-order valence-corrected chi connectivity index (χ0v) is 16.6. The van der Waals surface area contributed by atoms with Crippen molar-refractivity contribution in [2.75, 3.05) is 0 Å². The van der Waals surface area contributed by atoms with Crippen molar-refractivity contribution in [1.82, 2.24) is 10.3 Å². The summed E-state index contributed by atoms with van der Waals surface area (Å²) in [5, 5.41) is 6.06. The highest BCUT2D eigenvalue weighted by Gasteiger charge is 2.09. The topological polar surface area (TPSA) is 42.0 Å². The highest BCUT2D eigenvalue weighted by molar-refractivity contribution is 7.98. The second-order valence-electron chi connectivity index (χ2n) is 6.31. The van der Waals surface area contributed by atoms with Crippen LogP contribution in [0.1, 0.15) is 46.4 Å². The average Bonchev–Trinajstić information content (AvgIpc) is 3.15. The Hall–Kier alpha value is -2.11. The maximum atomic E-state index is 12.3. The molecule has 134 valence electrons. The summed E-state index contributed by atoms with van der Waals surface area (Å²) in [4.78, 5) is 18.0. The van der Waals surface area contributed by atoms with Crippen LogP contribution in [0.15, 0.2) is 64.9 Å². The van der Waals surface area contributed by atoms with Gasteiger partial charge in [-0.25, -0.2) is 4.98 Å². The Morgan fingerprint density at radius 1 is 1.12 bits per heavy atom. The van der Waals surface area contributed by atoms with Crippen molar-refractivity contribution in [3.8, 4) is 0 Å². The van der Waals surface area contributed by atoms with Crippen LogP contribution in [0.3, 0.4) is 0 Å². The quantitative estimate of drug-likeness (QED) is 0.550. The summed E-state index contributed by atoms with van der Waals surface area (Å²) < 4.78 is 0. The van der Waals surface area contributed by atoms with E-state index in [0.29, 0.717) is 18.0 Å². The third-order valence-electron chi connectivity index (χ3n) is 3.86. The Labute approximate surface area is 162 Å². The lowest BCUT2D eigenvalue weighted by Crippen LogP contribution is -2.22. The summed E-state index contributed by atoms with van der Waals surface area (Å²) in [5.74, 6) is 1.28. The molecular formula is C21H22N2OS2. The van der Waals surface area contributed by atoms with Gasteiger partial charge in [-0.1, -0.05) is 44.2 Å². The molecule has 0 fully saturated rings. The summed E-state index contributed by atoms with van der Waals surface area (Å²) in [6.45, 7) is 4.71. The molecule has 0 bridgehead atoms. The van der Waals surface area contributed by atoms with Crippen LogP contribution < -0.4 is 5.32 Å². The number of aromatic nitrogens is 1. The molecule has 0 spiro atoms. The molecule has 1 aromatic heterocycles. The van der Waals surface area contributed by atoms with Crippen LogP contribution in [0.4, 0.5) is 0 Å². The number of hydrogen-bond donors (Lipinski definition) is 1. The molecule has 0 saturated heterocycles. The van der Waals surface area contributed by atoms with Gasteiger partial charge in [0, 0.05) is 27.5 Å². The van der Waals surface area contributed by atoms with E-state index < -0.39 is 0 Å². The summed E-state index contributed by atoms with van der Waals surface area (Å²) in [6.07, 6.45) is 0. The Morgan fingerprint density at radius 2 is 1.85 bits per heavy atom. The Balaban J connectivity index is 1.51. The van der Waals surface area contributed by atoms with Crippen LogP contribution in [-0.4, -0.2) is 10.9 Å². The molecule has 0 unspecified atom stereocenters. The van der Waals surface area contributed by atoms with Gasteiger partial charge in [-0.15, -0.1) is 23.1 Å². The molecule has 0 atom stereocenters. The van der Waals surface area contributed by atoms with Gasteiger partial charge in [0.1, 0.15) is 0 Å². The van der Waals surface area contributed by atoms with Gasteiger partial charge < -0.3 is 5.32 Å². The molecule has 0 aliphatic heterocycles. The van der Waals surface area contributed by atoms with E-state index >= 15 is 0 Å². The second kappa shape index (κ2) is 9.01. The van der Waals surface area contributed by atoms with Crippen LogP contribution in [0.5, 0.6) is 0 Å². The summed E-state index contributed by atoms with van der Waals surface area (Å²) in [7, 11) is 0. The molecule has 2 aromatic carbocycles. The number of benzene rings is 2. The predicted molar refractivity (Wildman–Crippen MR) is 110 cm³/mol. The first kappa shape index (κ1) is 18.7. The number of thioether (sulfide) groups is 1. The molecular weight excluding hydrogens is 360 g/mol. The molecule has 5 heteroatoms. The zero-order valence-electron chi connectivity index (χ0n) is 14.9. The van der Waals surface area contributed by atoms with E-state index in [4.69, 9.17) is 0 Å². The molecule has 0 saturated carbocycles. The number of hydrogen-bond acceptors (Lipinski definition) is 4. The van der Waals surface area contributed by atoms with Crippen molar-refractivity contribution in [3.63, 3.8) is 0 Å². The molecule has 0 aliphatic rings. The fourth-order valence-corrected chi connectivity index (χ4v) is 4.07. The van der Waals surface area contributed by atoms with Crippen LogP contribution in [0.25, 0.3) is 0 Å². The van der Waals surface area contributed by atoms with E-state index in [9.17, 15) is 4.79 Å². The lowest BCUT2D eigenvalue weighted by Gasteiger charge is -2.06. The smallest absolute Gasteiger partial charge is 0.251 e. The summed E-state index contributed by atoms with van der Waals surface area (Å²) in [6, 6.07) is 18.1. The first-order valence-electron chi connectivity index (χ1n) is 8.61. The van der Waals surface area contributed by atoms with Crippen LogP contribution in [-0.2, 0) is 12.3 Å². The van der Waals surface area contributed by atoms with Gasteiger partial charge in [0.15, 0.2) is 0 Å². The van der Waals surface area contributed by atoms with E-state index in [1.807, 2.05) is 35.7 Å². The lowest BCUT2D eigenvalue weighted by atomic mass is 10.2. The highest BCUT2D eigenvalue weighted by atomic mass is 32.2. The number of nitrogens with zero attached hydrogens (tertiary/aromatic N) is 1. The van der Waals surface area contributed by atoms with Gasteiger partial charge in [-0.05, 0) is 29.8 Å². The number of carbonyl (C=O) groups is 1. The normalized spacial score (nSPS) is 10.9. The maximum Gasteiger partial charge on any atom is 0.251 e. The Morgan fingerprint density at radius 3 is 2.50 bits per heavy atom. The monoisotopic (exact) mass is 382 g/mol. The molecule has 26 heavy (non-hydrogen) atoms. The molecule has 3 aromatic rings. The van der Waals surface area contributed by atoms with E-state index in [0.717, 1.165) is 21.3 Å². The average molecular weight is 383 g/mol. The molecule has 3 rings (SSSR count). The molecule has 3 nitrogen and oxygen atoms in total. The number of rotatable bonds is 7. The van der Waals surface area contributed by atoms with Crippen molar-refractivity contribution in [3.05, 3.63) is 81.8 Å². The SMILES string of the molecule is CC(C)c1nc(CNC(=O)c2ccc(SCc3ccccc3)cc2)cs1. The number of amides is 1. The maximum absolute atomic E-state index is 12.3. The van der Waals surface area contributed by atoms with Crippen molar-refractivity contribution < 1.29 is 4.79 Å². The van der Waals surface area contributed by atoms with E-state index in [2.05, 4.69) is 48.4 Å². The van der Waals surface area contributed by atoms with Crippen molar-refractivity contribution in [1.29, 1.82) is 0 Å². The largest absolute Gasteiger partial charge is 0.346 e. The fraction of sp³-hybridized carbons (Fsp3) is 0.238. The number of carbonyl (C=O) groups excluding carboxylic acids is 1. The van der Waals surface area contributed by atoms with Crippen LogP contribution in [0.2, 0.25) is 0 Å². The van der Waals surface area contributed by atoms with Gasteiger partial charge in [-0.2, -0.15) is 0 Å². The van der Waals surface area contributed by atoms with Gasteiger partial charge in [0.05, 0.1) is 17.2 Å². The Bertz CT molecular complexity index is 842. The summed E-state index contributed by atoms with van der Waals surface area (Å²) in [5.41, 5.74) is 2.89. The first-order valence-corrected chi connectivity index (χ1v) is 10.5. The number of thiazole rings is 1. The molecule has 1 N–H and O–H groups in total. The van der Waals surface area contributed by atoms with Gasteiger partial charge >= 0.3 is 0 Å². The highest BCUT2D eigenvalue weighted by Crippen LogP contribution is 2.23. The molecule has 0 radical (unpaired) electrons. The van der Waals surface area contributed by atoms with Gasteiger partial charge in [0.2, 0.25) is 0 Å². The van der Waals surface area contributed by atoms with Crippen molar-refractivity contribution in [2.45, 2.75) is 37.0 Å². The minimum Gasteiger partial charge on any atom is -0.346 e. The van der Waals surface area contributed by atoms with E-state index in [1.54, 1.807) is 23.1 Å². The Kier molecular flexibility index (Phi) is 6.47. The first-order chi connectivity index (χ1) is 12.6. The minimum absolute atomic E-state index is 0.0660. The van der Waals surface area contributed by atoms with E-state index in [1.165, 1.54) is 5.56 Å². The lowest BCUT2D eigenvalue weighted by molar-refractivity contribution is 0.0950. The van der Waals surface area contributed by atoms with Gasteiger partial charge in [-0.3, -0.25) is 4.79 Å². The molecule has 0 aliphatic carbocycles. The van der Waals surface area contributed by atoms with Crippen LogP contribution in [0, 0.1) is 0 Å². The molecule has 1 amide bonds. The minimum atomic E-state index is -0.0660. The fourth-order valence-electron chi connectivity index (χ4n) is 2.39. The summed E-state index contributed by atoms with van der Waals surface area (Å²) >= 11 is 3.41. The number of nitrogens with one attached hydrogen (secondary N) is 1.